The Labute approximate surface area is 380 Å². The van der Waals surface area contributed by atoms with Crippen molar-refractivity contribution in [3.63, 3.8) is 0 Å². The van der Waals surface area contributed by atoms with E-state index in [-0.39, 0.29) is 41.7 Å². The van der Waals surface area contributed by atoms with Gasteiger partial charge in [-0.3, -0.25) is 32.3 Å². The molecule has 0 bridgehead atoms. The number of nitrogens with one attached hydrogen (secondary N) is 2. The fraction of sp³-hybridized carbons (Fsp3) is 0.351. The lowest BCUT2D eigenvalue weighted by Crippen LogP contribution is -2.41. The van der Waals surface area contributed by atoms with Crippen LogP contribution in [0.5, 0.6) is 0 Å². The lowest BCUT2D eigenvalue weighted by atomic mass is 10.1. The minimum atomic E-state index is -5.43. The van der Waals surface area contributed by atoms with E-state index in [0.29, 0.717) is 16.8 Å². The Hall–Kier alpha value is -6.33. The minimum Gasteiger partial charge on any atom is -0.455 e. The Bertz CT molecular complexity index is 2780. The number of phosphoric acid groups is 2. The second kappa shape index (κ2) is 20.9. The molecule has 68 heavy (non-hydrogen) atoms. The third-order valence-corrected chi connectivity index (χ3v) is 11.5. The van der Waals surface area contributed by atoms with E-state index in [9.17, 15) is 57.6 Å². The smallest absolute Gasteiger partial charge is 0.455 e. The number of fused-ring (bicyclic) bond motifs is 1. The fourth-order valence-corrected chi connectivity index (χ4v) is 8.16. The number of carbonyl (C=O) groups is 3. The molecule has 2 aliphatic rings. The first-order valence-corrected chi connectivity index (χ1v) is 22.8. The number of alkyl carbamates (subject to hydrolysis) is 1. The van der Waals surface area contributed by atoms with Gasteiger partial charge in [0.25, 0.3) is 0 Å². The highest BCUT2D eigenvalue weighted by atomic mass is 31.2. The molecule has 9 atom stereocenters. The van der Waals surface area contributed by atoms with Crippen molar-refractivity contribution >= 4 is 62.1 Å². The van der Waals surface area contributed by atoms with E-state index < -0.39 is 108 Å². The third kappa shape index (κ3) is 12.4. The Kier molecular flexibility index (Phi) is 15.2. The van der Waals surface area contributed by atoms with Crippen molar-refractivity contribution in [2.45, 2.75) is 62.1 Å². The second-order valence-electron chi connectivity index (χ2n) is 14.8. The average Bonchev–Trinajstić information content (AvgIpc) is 3.94. The van der Waals surface area contributed by atoms with E-state index in [1.807, 2.05) is 0 Å². The Balaban J connectivity index is 0.979. The van der Waals surface area contributed by atoms with Crippen molar-refractivity contribution in [2.75, 3.05) is 36.5 Å². The Morgan fingerprint density at radius 2 is 1.49 bits per heavy atom. The van der Waals surface area contributed by atoms with Crippen LogP contribution in [0, 0.1) is 5.82 Å². The summed E-state index contributed by atoms with van der Waals surface area (Å²) >= 11 is 0. The highest BCUT2D eigenvalue weighted by Gasteiger charge is 2.52. The van der Waals surface area contributed by atoms with Crippen molar-refractivity contribution in [3.8, 4) is 0 Å². The highest BCUT2D eigenvalue weighted by molar-refractivity contribution is 7.47. The van der Waals surface area contributed by atoms with Gasteiger partial charge in [-0.05, 0) is 41.5 Å². The number of rotatable bonds is 18. The molecule has 31 heteroatoms. The Morgan fingerprint density at radius 1 is 0.838 bits per heavy atom. The van der Waals surface area contributed by atoms with Gasteiger partial charge in [-0.1, -0.05) is 24.3 Å². The van der Waals surface area contributed by atoms with Crippen LogP contribution in [0.3, 0.4) is 0 Å². The monoisotopic (exact) mass is 994 g/mol. The predicted molar refractivity (Wildman–Crippen MR) is 224 cm³/mol. The van der Waals surface area contributed by atoms with Gasteiger partial charge in [0.1, 0.15) is 67.2 Å². The number of aromatic nitrogens is 6. The number of anilines is 3. The molecule has 7 rings (SSSR count). The zero-order chi connectivity index (χ0) is 48.9. The van der Waals surface area contributed by atoms with Crippen LogP contribution in [-0.4, -0.2) is 128 Å². The van der Waals surface area contributed by atoms with Gasteiger partial charge in [0.15, 0.2) is 30.0 Å². The van der Waals surface area contributed by atoms with E-state index in [2.05, 4.69) is 35.1 Å². The molecular formula is C37H41FN10O18P2. The summed E-state index contributed by atoms with van der Waals surface area (Å²) in [6.45, 7) is -3.14. The number of nitrogens with two attached hydrogens (primary N) is 2. The third-order valence-electron chi connectivity index (χ3n) is 10.00. The van der Waals surface area contributed by atoms with Crippen LogP contribution >= 0.6 is 15.6 Å². The summed E-state index contributed by atoms with van der Waals surface area (Å²) in [5, 5.41) is 27.5. The maximum atomic E-state index is 13.5. The number of esters is 1. The molecule has 5 heterocycles. The van der Waals surface area contributed by atoms with Crippen LogP contribution in [0.4, 0.5) is 26.5 Å². The first kappa shape index (κ1) is 49.6. The standard InChI is InChI=1S/C37H41FN10O18P2/c38-20-5-1-18(2-6-20)11-25(49)45-21-7-3-19(4-8-21)13-60-37(54)41-12-26(50)65-30-22(63-35(28(30)51)48-17-44-27-32(40)42-16-43-33(27)48)15-62-68(58,59)66-31-23(14-61-67(55,56)57)64-34(29(31)52)47-10-9-24(39)46-36(47)53/h1-10,16-17,22-23,28-31,34-35,51-52H,11-15H2,(H,41,54)(H,45,49)(H,58,59)(H2,39,46,53)(H2,40,42,43)(H2,55,56,57)/t22-,23?,28-,29-,30-,31-,34-,35-/m1/s1. The molecule has 0 saturated carbocycles. The molecule has 3 aromatic heterocycles. The second-order valence-corrected chi connectivity index (χ2v) is 17.4. The van der Waals surface area contributed by atoms with Gasteiger partial charge in [0.05, 0.1) is 26.0 Å². The number of aliphatic hydroxyl groups excluding tert-OH is 2. The number of hydrogen-bond acceptors (Lipinski definition) is 21. The summed E-state index contributed by atoms with van der Waals surface area (Å²) < 4.78 is 77.0. The normalized spacial score (nSPS) is 23.5. The largest absolute Gasteiger partial charge is 0.472 e. The van der Waals surface area contributed by atoms with Gasteiger partial charge in [-0.2, -0.15) is 4.98 Å². The average molecular weight is 995 g/mol. The number of aliphatic hydroxyl groups is 2. The molecule has 0 aliphatic carbocycles. The summed E-state index contributed by atoms with van der Waals surface area (Å²) in [5.41, 5.74) is 12.1. The van der Waals surface area contributed by atoms with Crippen LogP contribution in [-0.2, 0) is 64.3 Å². The van der Waals surface area contributed by atoms with E-state index in [0.717, 1.165) is 23.2 Å². The molecule has 2 amide bonds. The van der Waals surface area contributed by atoms with Crippen LogP contribution < -0.4 is 27.8 Å². The predicted octanol–water partition coefficient (Wildman–Crippen LogP) is -0.466. The van der Waals surface area contributed by atoms with E-state index in [4.69, 9.17) is 39.5 Å². The number of nitrogens with zero attached hydrogens (tertiary/aromatic N) is 6. The molecule has 0 radical (unpaired) electrons. The fourth-order valence-electron chi connectivity index (χ4n) is 6.86. The van der Waals surface area contributed by atoms with Crippen LogP contribution in [0.25, 0.3) is 11.2 Å². The zero-order valence-electron chi connectivity index (χ0n) is 34.7. The van der Waals surface area contributed by atoms with Crippen LogP contribution in [0.1, 0.15) is 23.6 Å². The molecule has 2 unspecified atom stereocenters. The van der Waals surface area contributed by atoms with Crippen LogP contribution in [0.2, 0.25) is 0 Å². The van der Waals surface area contributed by atoms with Gasteiger partial charge in [-0.15, -0.1) is 0 Å². The minimum absolute atomic E-state index is 0.00632. The highest BCUT2D eigenvalue weighted by Crippen LogP contribution is 2.50. The molecule has 11 N–H and O–H groups in total. The molecular weight excluding hydrogens is 953 g/mol. The van der Waals surface area contributed by atoms with Crippen molar-refractivity contribution in [3.05, 3.63) is 101 Å². The number of benzene rings is 2. The summed E-state index contributed by atoms with van der Waals surface area (Å²) in [7, 11) is -10.6. The number of amides is 2. The zero-order valence-corrected chi connectivity index (χ0v) is 36.5. The number of ether oxygens (including phenoxy) is 4. The SMILES string of the molecule is Nc1ccn([C@@H]2OC(COP(=O)(O)O)[C@@H](OP(=O)(O)OC[C@H]3O[C@@H](n4cnc5c(N)ncnc54)[C@H](O)[C@@H]3OC(=O)CNC(=O)OCc3ccc(NC(=O)Cc4ccc(F)cc4)cc3)[C@H]2O)c(=O)n1. The summed E-state index contributed by atoms with van der Waals surface area (Å²) in [4.78, 5) is 95.6. The van der Waals surface area contributed by atoms with E-state index in [1.165, 1.54) is 35.2 Å². The molecule has 2 saturated heterocycles. The number of carbonyl (C=O) groups excluding carboxylic acids is 3. The molecule has 364 valence electrons. The first-order valence-electron chi connectivity index (χ1n) is 19.8. The van der Waals surface area contributed by atoms with Gasteiger partial charge in [-0.25, -0.2) is 38.1 Å². The number of imidazole rings is 1. The topological polar surface area (TPSA) is 406 Å². The van der Waals surface area contributed by atoms with Crippen molar-refractivity contribution in [2.24, 2.45) is 0 Å². The van der Waals surface area contributed by atoms with Gasteiger partial charge in [0, 0.05) is 11.9 Å². The molecule has 2 fully saturated rings. The maximum absolute atomic E-state index is 13.5. The number of nitrogen functional groups attached to an aromatic ring is 2. The summed E-state index contributed by atoms with van der Waals surface area (Å²) in [6, 6.07) is 12.9. The van der Waals surface area contributed by atoms with Crippen molar-refractivity contribution in [1.29, 1.82) is 0 Å². The number of hydrogen-bond donors (Lipinski definition) is 9. The summed E-state index contributed by atoms with van der Waals surface area (Å²) in [6.07, 6.45) is -11.8. The molecule has 0 spiro atoms. The maximum Gasteiger partial charge on any atom is 0.472 e. The molecule has 2 aliphatic heterocycles. The quantitative estimate of drug-likeness (QED) is 0.0396. The van der Waals surface area contributed by atoms with Crippen molar-refractivity contribution < 1.29 is 85.3 Å². The summed E-state index contributed by atoms with van der Waals surface area (Å²) in [5.74, 6) is -2.18. The van der Waals surface area contributed by atoms with Crippen LogP contribution in [0.15, 0.2) is 78.2 Å². The van der Waals surface area contributed by atoms with E-state index in [1.54, 1.807) is 24.3 Å². The molecule has 28 nitrogen and oxygen atoms in total. The van der Waals surface area contributed by atoms with Gasteiger partial charge >= 0.3 is 33.4 Å². The molecule has 2 aromatic carbocycles. The Morgan fingerprint density at radius 3 is 2.18 bits per heavy atom. The van der Waals surface area contributed by atoms with Crippen molar-refractivity contribution in [1.82, 2.24) is 34.4 Å². The first-order chi connectivity index (χ1) is 32.2. The van der Waals surface area contributed by atoms with Gasteiger partial charge in [0.2, 0.25) is 5.91 Å². The number of phosphoric ester groups is 2. The number of halogens is 1. The molecule has 5 aromatic rings. The van der Waals surface area contributed by atoms with Gasteiger partial charge < -0.3 is 65.9 Å². The van der Waals surface area contributed by atoms with E-state index >= 15 is 0 Å². The lowest BCUT2D eigenvalue weighted by molar-refractivity contribution is -0.155. The lowest BCUT2D eigenvalue weighted by Gasteiger charge is -2.25.